The summed E-state index contributed by atoms with van der Waals surface area (Å²) in [6.07, 6.45) is 2.26. The second kappa shape index (κ2) is 4.07. The molecule has 0 amide bonds. The van der Waals surface area contributed by atoms with Crippen LogP contribution in [0.25, 0.3) is 22.2 Å². The number of halogens is 1. The molecular weight excluding hydrogens is 233 g/mol. The summed E-state index contributed by atoms with van der Waals surface area (Å²) in [6.45, 7) is 0. The summed E-state index contributed by atoms with van der Waals surface area (Å²) >= 11 is 0. The van der Waals surface area contributed by atoms with Crippen LogP contribution >= 0.6 is 0 Å². The zero-order chi connectivity index (χ0) is 12.5. The lowest BCUT2D eigenvalue weighted by Gasteiger charge is -1.98. The number of fused-ring (bicyclic) bond motifs is 1. The van der Waals surface area contributed by atoms with Crippen molar-refractivity contribution >= 4 is 17.4 Å². The zero-order valence-corrected chi connectivity index (χ0v) is 9.26. The van der Waals surface area contributed by atoms with Gasteiger partial charge in [0.25, 0.3) is 0 Å². The number of rotatable bonds is 2. The Balaban J connectivity index is 2.32. The second-order valence-corrected chi connectivity index (χ2v) is 3.82. The van der Waals surface area contributed by atoms with E-state index in [2.05, 4.69) is 4.98 Å². The number of benzene rings is 1. The minimum atomic E-state index is -0.327. The fourth-order valence-corrected chi connectivity index (χ4v) is 1.93. The third-order valence-electron chi connectivity index (χ3n) is 2.71. The van der Waals surface area contributed by atoms with Gasteiger partial charge in [-0.2, -0.15) is 0 Å². The molecule has 88 valence electrons. The van der Waals surface area contributed by atoms with Crippen molar-refractivity contribution in [3.05, 3.63) is 54.2 Å². The molecule has 18 heavy (non-hydrogen) atoms. The minimum Gasteiger partial charge on any atom is -0.451 e. The highest BCUT2D eigenvalue weighted by molar-refractivity contribution is 5.99. The molecule has 3 rings (SSSR count). The lowest BCUT2D eigenvalue weighted by atomic mass is 10.1. The Kier molecular flexibility index (Phi) is 2.41. The summed E-state index contributed by atoms with van der Waals surface area (Å²) < 4.78 is 18.3. The molecule has 0 spiro atoms. The molecule has 0 saturated carbocycles. The summed E-state index contributed by atoms with van der Waals surface area (Å²) in [5, 5.41) is 0. The van der Waals surface area contributed by atoms with E-state index < -0.39 is 0 Å². The van der Waals surface area contributed by atoms with E-state index in [4.69, 9.17) is 4.42 Å². The summed E-state index contributed by atoms with van der Waals surface area (Å²) in [4.78, 5) is 15.2. The number of furan rings is 1. The van der Waals surface area contributed by atoms with Gasteiger partial charge >= 0.3 is 0 Å². The molecule has 1 aromatic carbocycles. The Morgan fingerprint density at radius 2 is 1.94 bits per heavy atom. The molecule has 0 aliphatic heterocycles. The molecule has 0 fully saturated rings. The van der Waals surface area contributed by atoms with Crippen molar-refractivity contribution in [3.63, 3.8) is 0 Å². The van der Waals surface area contributed by atoms with Gasteiger partial charge in [0, 0.05) is 6.20 Å². The Morgan fingerprint density at radius 3 is 2.67 bits per heavy atom. The minimum absolute atomic E-state index is 0.204. The first-order valence-electron chi connectivity index (χ1n) is 5.38. The molecule has 2 heterocycles. The van der Waals surface area contributed by atoms with Crippen LogP contribution in [-0.4, -0.2) is 11.3 Å². The molecule has 0 N–H and O–H groups in total. The number of aromatic nitrogens is 1. The summed E-state index contributed by atoms with van der Waals surface area (Å²) in [6, 6.07) is 9.34. The number of nitrogens with zero attached hydrogens (tertiary/aromatic N) is 1. The van der Waals surface area contributed by atoms with Gasteiger partial charge in [0.1, 0.15) is 11.3 Å². The predicted molar refractivity (Wildman–Crippen MR) is 64.8 cm³/mol. The van der Waals surface area contributed by atoms with E-state index >= 15 is 0 Å². The predicted octanol–water partition coefficient (Wildman–Crippen LogP) is 3.45. The zero-order valence-electron chi connectivity index (χ0n) is 9.26. The fraction of sp³-hybridized carbons (Fsp3) is 0. The van der Waals surface area contributed by atoms with Gasteiger partial charge in [0.15, 0.2) is 17.6 Å². The Labute approximate surface area is 102 Å². The highest BCUT2D eigenvalue weighted by Crippen LogP contribution is 2.32. The number of aldehydes is 1. The van der Waals surface area contributed by atoms with Crippen LogP contribution in [0.1, 0.15) is 10.6 Å². The van der Waals surface area contributed by atoms with Crippen molar-refractivity contribution in [3.8, 4) is 11.1 Å². The van der Waals surface area contributed by atoms with E-state index in [9.17, 15) is 9.18 Å². The van der Waals surface area contributed by atoms with Crippen molar-refractivity contribution in [2.24, 2.45) is 0 Å². The van der Waals surface area contributed by atoms with Gasteiger partial charge in [-0.1, -0.05) is 12.1 Å². The molecule has 0 bridgehead atoms. The maximum atomic E-state index is 12.9. The first kappa shape index (κ1) is 10.7. The fourth-order valence-electron chi connectivity index (χ4n) is 1.93. The average molecular weight is 241 g/mol. The van der Waals surface area contributed by atoms with E-state index in [1.54, 1.807) is 30.5 Å². The van der Waals surface area contributed by atoms with Crippen LogP contribution in [-0.2, 0) is 0 Å². The highest BCUT2D eigenvalue weighted by atomic mass is 19.1. The van der Waals surface area contributed by atoms with Crippen LogP contribution in [0.3, 0.4) is 0 Å². The van der Waals surface area contributed by atoms with Crippen LogP contribution in [0, 0.1) is 5.82 Å². The number of hydrogen-bond acceptors (Lipinski definition) is 3. The molecule has 2 aromatic heterocycles. The molecule has 0 unspecified atom stereocenters. The Morgan fingerprint density at radius 1 is 1.17 bits per heavy atom. The number of hydrogen-bond donors (Lipinski definition) is 0. The van der Waals surface area contributed by atoms with Crippen molar-refractivity contribution in [1.82, 2.24) is 4.98 Å². The maximum Gasteiger partial charge on any atom is 0.186 e. The maximum absolute atomic E-state index is 12.9. The molecule has 3 nitrogen and oxygen atoms in total. The van der Waals surface area contributed by atoms with Gasteiger partial charge in [0.2, 0.25) is 0 Å². The van der Waals surface area contributed by atoms with E-state index in [0.717, 1.165) is 0 Å². The Hall–Kier alpha value is -2.49. The van der Waals surface area contributed by atoms with E-state index in [1.165, 1.54) is 12.1 Å². The molecule has 0 aliphatic rings. The largest absolute Gasteiger partial charge is 0.451 e. The molecular formula is C14H8FNO2. The van der Waals surface area contributed by atoms with Gasteiger partial charge in [0.05, 0.1) is 5.56 Å². The third-order valence-corrected chi connectivity index (χ3v) is 2.71. The van der Waals surface area contributed by atoms with Gasteiger partial charge in [-0.25, -0.2) is 4.39 Å². The molecule has 0 atom stereocenters. The molecule has 0 saturated heterocycles. The quantitative estimate of drug-likeness (QED) is 0.645. The van der Waals surface area contributed by atoms with Crippen LogP contribution in [0.2, 0.25) is 0 Å². The van der Waals surface area contributed by atoms with E-state index in [0.29, 0.717) is 28.5 Å². The second-order valence-electron chi connectivity index (χ2n) is 3.82. The van der Waals surface area contributed by atoms with E-state index in [-0.39, 0.29) is 11.6 Å². The van der Waals surface area contributed by atoms with Gasteiger partial charge in [-0.05, 0) is 29.8 Å². The summed E-state index contributed by atoms with van der Waals surface area (Å²) in [7, 11) is 0. The molecule has 3 aromatic rings. The van der Waals surface area contributed by atoms with Crippen LogP contribution in [0.15, 0.2) is 47.0 Å². The van der Waals surface area contributed by atoms with Gasteiger partial charge < -0.3 is 4.42 Å². The number of carbonyl (C=O) groups is 1. The molecule has 4 heteroatoms. The highest BCUT2D eigenvalue weighted by Gasteiger charge is 2.16. The number of pyridine rings is 1. The smallest absolute Gasteiger partial charge is 0.186 e. The third kappa shape index (κ3) is 1.59. The first-order valence-corrected chi connectivity index (χ1v) is 5.38. The first-order chi connectivity index (χ1) is 8.79. The monoisotopic (exact) mass is 241 g/mol. The van der Waals surface area contributed by atoms with Crippen molar-refractivity contribution in [2.75, 3.05) is 0 Å². The van der Waals surface area contributed by atoms with Crippen LogP contribution < -0.4 is 0 Å². The van der Waals surface area contributed by atoms with Crippen LogP contribution in [0.4, 0.5) is 4.39 Å². The molecule has 0 aliphatic carbocycles. The molecule has 0 radical (unpaired) electrons. The summed E-state index contributed by atoms with van der Waals surface area (Å²) in [5.74, 6) is -0.123. The van der Waals surface area contributed by atoms with Gasteiger partial charge in [-0.3, -0.25) is 9.78 Å². The lowest BCUT2D eigenvalue weighted by Crippen LogP contribution is -1.84. The SMILES string of the molecule is O=Cc1oc2cccnc2c1-c1ccc(F)cc1. The lowest BCUT2D eigenvalue weighted by molar-refractivity contribution is 0.110. The standard InChI is InChI=1S/C14H8FNO2/c15-10-5-3-9(4-6-10)13-12(8-17)18-11-2-1-7-16-14(11)13/h1-8H. The van der Waals surface area contributed by atoms with Crippen LogP contribution in [0.5, 0.6) is 0 Å². The van der Waals surface area contributed by atoms with E-state index in [1.807, 2.05) is 0 Å². The average Bonchev–Trinajstić information content (AvgIpc) is 2.78. The van der Waals surface area contributed by atoms with Crippen molar-refractivity contribution < 1.29 is 13.6 Å². The van der Waals surface area contributed by atoms with Crippen molar-refractivity contribution in [1.29, 1.82) is 0 Å². The Bertz CT molecular complexity index is 716. The summed E-state index contributed by atoms with van der Waals surface area (Å²) in [5.41, 5.74) is 2.45. The van der Waals surface area contributed by atoms with Crippen molar-refractivity contribution in [2.45, 2.75) is 0 Å². The van der Waals surface area contributed by atoms with Gasteiger partial charge in [-0.15, -0.1) is 0 Å². The normalized spacial score (nSPS) is 10.7. The number of carbonyl (C=O) groups excluding carboxylic acids is 1. The topological polar surface area (TPSA) is 43.1 Å².